The fraction of sp³-hybridized carbons (Fsp3) is 0.633. The van der Waals surface area contributed by atoms with Crippen molar-refractivity contribution < 1.29 is 14.3 Å². The number of anilines is 2. The molecule has 2 saturated heterocycles. The van der Waals surface area contributed by atoms with Crippen molar-refractivity contribution in [2.75, 3.05) is 62.7 Å². The number of fused-ring (bicyclic) bond motifs is 1. The summed E-state index contributed by atoms with van der Waals surface area (Å²) in [7, 11) is 2.16. The molecule has 1 atom stereocenters. The molecule has 1 aromatic heterocycles. The molecule has 4 heterocycles. The lowest BCUT2D eigenvalue weighted by atomic mass is 10.0. The number of hydrogen-bond donors (Lipinski definition) is 0. The van der Waals surface area contributed by atoms with E-state index in [9.17, 15) is 4.79 Å². The van der Waals surface area contributed by atoms with Crippen LogP contribution >= 0.6 is 0 Å². The minimum absolute atomic E-state index is 0.249. The fourth-order valence-corrected chi connectivity index (χ4v) is 5.79. The second-order valence-electron chi connectivity index (χ2n) is 12.2. The van der Waals surface area contributed by atoms with Crippen LogP contribution in [0.5, 0.6) is 6.01 Å². The maximum absolute atomic E-state index is 12.6. The number of hydrogen-bond acceptors (Lipinski definition) is 8. The van der Waals surface area contributed by atoms with E-state index in [4.69, 9.17) is 19.4 Å². The van der Waals surface area contributed by atoms with Crippen LogP contribution in [0.3, 0.4) is 0 Å². The van der Waals surface area contributed by atoms with Crippen LogP contribution in [0.1, 0.15) is 56.0 Å². The molecule has 212 valence electrons. The molecule has 0 bridgehead atoms. The van der Waals surface area contributed by atoms with Crippen LogP contribution in [0.25, 0.3) is 0 Å². The van der Waals surface area contributed by atoms with Gasteiger partial charge in [-0.05, 0) is 84.7 Å². The Bertz CT molecular complexity index is 1190. The number of ether oxygens (including phenoxy) is 2. The van der Waals surface area contributed by atoms with Crippen molar-refractivity contribution >= 4 is 17.6 Å². The molecule has 2 fully saturated rings. The number of amides is 1. The average Bonchev–Trinajstić information content (AvgIpc) is 3.32. The van der Waals surface area contributed by atoms with Gasteiger partial charge in [0.25, 0.3) is 0 Å². The normalized spacial score (nSPS) is 20.3. The summed E-state index contributed by atoms with van der Waals surface area (Å²) < 4.78 is 11.9. The third-order valence-corrected chi connectivity index (χ3v) is 8.25. The molecular formula is C30H44N6O3. The average molecular weight is 537 g/mol. The Morgan fingerprint density at radius 1 is 1.03 bits per heavy atom. The largest absolute Gasteiger partial charge is 0.462 e. The molecule has 0 N–H and O–H groups in total. The molecule has 0 aliphatic carbocycles. The molecule has 9 nitrogen and oxygen atoms in total. The number of aryl methyl sites for hydroxylation is 1. The lowest BCUT2D eigenvalue weighted by Gasteiger charge is -2.38. The third-order valence-electron chi connectivity index (χ3n) is 8.25. The topological polar surface area (TPSA) is 74.3 Å². The van der Waals surface area contributed by atoms with Gasteiger partial charge in [0.15, 0.2) is 0 Å². The molecule has 39 heavy (non-hydrogen) atoms. The Morgan fingerprint density at radius 3 is 2.49 bits per heavy atom. The van der Waals surface area contributed by atoms with Crippen molar-refractivity contribution in [3.8, 4) is 6.01 Å². The van der Waals surface area contributed by atoms with Gasteiger partial charge in [0, 0.05) is 50.0 Å². The molecular weight excluding hydrogens is 492 g/mol. The zero-order valence-corrected chi connectivity index (χ0v) is 24.5. The lowest BCUT2D eigenvalue weighted by Crippen LogP contribution is -2.50. The van der Waals surface area contributed by atoms with Crippen molar-refractivity contribution in [3.63, 3.8) is 0 Å². The van der Waals surface area contributed by atoms with Crippen molar-refractivity contribution in [2.45, 2.75) is 72.1 Å². The predicted octanol–water partition coefficient (Wildman–Crippen LogP) is 4.19. The fourth-order valence-electron chi connectivity index (χ4n) is 5.79. The zero-order valence-electron chi connectivity index (χ0n) is 24.5. The van der Waals surface area contributed by atoms with Crippen molar-refractivity contribution in [1.82, 2.24) is 19.8 Å². The number of likely N-dealkylation sites (N-methyl/N-ethyl adjacent to an activating group) is 1. The molecule has 3 aliphatic heterocycles. The van der Waals surface area contributed by atoms with Crippen molar-refractivity contribution in [1.29, 1.82) is 0 Å². The Balaban J connectivity index is 1.38. The predicted molar refractivity (Wildman–Crippen MR) is 154 cm³/mol. The monoisotopic (exact) mass is 536 g/mol. The highest BCUT2D eigenvalue weighted by molar-refractivity contribution is 5.69. The number of nitrogens with zero attached hydrogens (tertiary/aromatic N) is 6. The smallest absolute Gasteiger partial charge is 0.410 e. The molecule has 1 amide bonds. The Kier molecular flexibility index (Phi) is 7.89. The molecule has 0 spiro atoms. The molecule has 1 unspecified atom stereocenters. The highest BCUT2D eigenvalue weighted by Gasteiger charge is 2.31. The zero-order chi connectivity index (χ0) is 27.7. The van der Waals surface area contributed by atoms with E-state index in [0.29, 0.717) is 44.8 Å². The first kappa shape index (κ1) is 27.5. The summed E-state index contributed by atoms with van der Waals surface area (Å²) in [6, 6.07) is 7.37. The number of carbonyl (C=O) groups is 1. The van der Waals surface area contributed by atoms with Gasteiger partial charge in [0.1, 0.15) is 18.0 Å². The van der Waals surface area contributed by atoms with Gasteiger partial charge in [-0.25, -0.2) is 4.79 Å². The molecule has 3 aliphatic rings. The van der Waals surface area contributed by atoms with Gasteiger partial charge in [0.05, 0.1) is 12.2 Å². The van der Waals surface area contributed by atoms with Crippen molar-refractivity contribution in [2.24, 2.45) is 0 Å². The van der Waals surface area contributed by atoms with Crippen LogP contribution in [0.15, 0.2) is 18.2 Å². The summed E-state index contributed by atoms with van der Waals surface area (Å²) in [6.45, 7) is 16.0. The minimum Gasteiger partial charge on any atom is -0.462 e. The summed E-state index contributed by atoms with van der Waals surface area (Å²) in [6.07, 6.45) is 2.96. The minimum atomic E-state index is -0.499. The standard InChI is InChI=1S/C30H44N6O3/c1-21-9-7-11-26(22(21)2)36-14-12-24-25(19-36)31-28(38-20-23-10-8-13-33(23)6)32-27(24)34-15-17-35(18-16-34)29(37)39-30(3,4)5/h7,9,11,23H,8,10,12-20H2,1-6H3. The molecule has 1 aromatic carbocycles. The first-order chi connectivity index (χ1) is 18.6. The number of carbonyl (C=O) groups excluding carboxylic acids is 1. The Hall–Kier alpha value is -3.07. The van der Waals surface area contributed by atoms with E-state index in [1.54, 1.807) is 4.90 Å². The van der Waals surface area contributed by atoms with Gasteiger partial charge in [0.2, 0.25) is 0 Å². The van der Waals surface area contributed by atoms with Gasteiger partial charge in [-0.3, -0.25) is 0 Å². The summed E-state index contributed by atoms with van der Waals surface area (Å²) in [4.78, 5) is 31.4. The number of aromatic nitrogens is 2. The van der Waals surface area contributed by atoms with Crippen molar-refractivity contribution in [3.05, 3.63) is 40.6 Å². The maximum Gasteiger partial charge on any atom is 0.410 e. The number of likely N-dealkylation sites (tertiary alicyclic amines) is 1. The molecule has 0 saturated carbocycles. The van der Waals surface area contributed by atoms with E-state index < -0.39 is 5.60 Å². The Morgan fingerprint density at radius 2 is 1.79 bits per heavy atom. The second-order valence-corrected chi connectivity index (χ2v) is 12.2. The van der Waals surface area contributed by atoms with Crippen LogP contribution in [0, 0.1) is 13.8 Å². The Labute approximate surface area is 233 Å². The van der Waals surface area contributed by atoms with E-state index in [1.165, 1.54) is 28.8 Å². The highest BCUT2D eigenvalue weighted by atomic mass is 16.6. The second kappa shape index (κ2) is 11.2. The third kappa shape index (κ3) is 6.24. The van der Waals surface area contributed by atoms with E-state index in [2.05, 4.69) is 53.8 Å². The molecule has 0 radical (unpaired) electrons. The van der Waals surface area contributed by atoms with E-state index in [1.807, 2.05) is 20.8 Å². The first-order valence-corrected chi connectivity index (χ1v) is 14.4. The van der Waals surface area contributed by atoms with Gasteiger partial charge in [-0.1, -0.05) is 12.1 Å². The molecule has 9 heteroatoms. The van der Waals surface area contributed by atoms with Crippen LogP contribution < -0.4 is 14.5 Å². The summed E-state index contributed by atoms with van der Waals surface area (Å²) in [5.41, 5.74) is 5.62. The lowest BCUT2D eigenvalue weighted by molar-refractivity contribution is 0.0240. The summed E-state index contributed by atoms with van der Waals surface area (Å²) >= 11 is 0. The highest BCUT2D eigenvalue weighted by Crippen LogP contribution is 2.33. The number of benzene rings is 1. The van der Waals surface area contributed by atoms with Gasteiger partial charge < -0.3 is 29.1 Å². The summed E-state index contributed by atoms with van der Waals surface area (Å²) in [5.74, 6) is 0.958. The van der Waals surface area contributed by atoms with Gasteiger partial charge >= 0.3 is 12.1 Å². The van der Waals surface area contributed by atoms with E-state index >= 15 is 0 Å². The number of piperazine rings is 1. The quantitative estimate of drug-likeness (QED) is 0.563. The van der Waals surface area contributed by atoms with Crippen LogP contribution in [-0.4, -0.2) is 90.4 Å². The van der Waals surface area contributed by atoms with E-state index in [-0.39, 0.29) is 6.09 Å². The van der Waals surface area contributed by atoms with E-state index in [0.717, 1.165) is 44.0 Å². The van der Waals surface area contributed by atoms with Gasteiger partial charge in [-0.2, -0.15) is 9.97 Å². The molecule has 5 rings (SSSR count). The van der Waals surface area contributed by atoms with Gasteiger partial charge in [-0.15, -0.1) is 0 Å². The maximum atomic E-state index is 12.6. The van der Waals surface area contributed by atoms with Crippen LogP contribution in [-0.2, 0) is 17.7 Å². The summed E-state index contributed by atoms with van der Waals surface area (Å²) in [5, 5.41) is 0. The van der Waals surface area contributed by atoms with Crippen LogP contribution in [0.2, 0.25) is 0 Å². The number of rotatable bonds is 5. The SMILES string of the molecule is Cc1cccc(N2CCc3c(nc(OCC4CCCN4C)nc3N3CCN(C(=O)OC(C)(C)C)CC3)C2)c1C. The first-order valence-electron chi connectivity index (χ1n) is 14.4. The van der Waals surface area contributed by atoms with Crippen LogP contribution in [0.4, 0.5) is 16.3 Å². The molecule has 2 aromatic rings.